The van der Waals surface area contributed by atoms with Gasteiger partial charge in [0.1, 0.15) is 6.54 Å². The summed E-state index contributed by atoms with van der Waals surface area (Å²) in [6.07, 6.45) is 3.64. The molecular formula is C24H23N3O3S. The van der Waals surface area contributed by atoms with E-state index in [1.54, 1.807) is 6.08 Å². The summed E-state index contributed by atoms with van der Waals surface area (Å²) >= 11 is 0.857. The highest BCUT2D eigenvalue weighted by Crippen LogP contribution is 2.34. The first kappa shape index (κ1) is 20.9. The van der Waals surface area contributed by atoms with E-state index < -0.39 is 17.1 Å². The minimum Gasteiger partial charge on any atom is -0.350 e. The third-order valence-electron chi connectivity index (χ3n) is 5.25. The van der Waals surface area contributed by atoms with Crippen molar-refractivity contribution in [2.24, 2.45) is 7.05 Å². The van der Waals surface area contributed by atoms with Crippen molar-refractivity contribution in [2.75, 3.05) is 11.9 Å². The van der Waals surface area contributed by atoms with E-state index in [0.717, 1.165) is 33.1 Å². The van der Waals surface area contributed by atoms with Crippen molar-refractivity contribution in [1.29, 1.82) is 0 Å². The summed E-state index contributed by atoms with van der Waals surface area (Å²) in [4.78, 5) is 38.9. The summed E-state index contributed by atoms with van der Waals surface area (Å²) in [6, 6.07) is 15.4. The van der Waals surface area contributed by atoms with Crippen LogP contribution in [0.2, 0.25) is 0 Å². The number of aryl methyl sites for hydroxylation is 1. The van der Waals surface area contributed by atoms with Gasteiger partial charge in [-0.25, -0.2) is 0 Å². The normalized spacial score (nSPS) is 15.5. The smallest absolute Gasteiger partial charge is 0.294 e. The molecule has 2 heterocycles. The van der Waals surface area contributed by atoms with Crippen molar-refractivity contribution >= 4 is 51.5 Å². The maximum absolute atomic E-state index is 12.8. The molecule has 0 unspecified atom stereocenters. The van der Waals surface area contributed by atoms with E-state index in [0.29, 0.717) is 16.5 Å². The van der Waals surface area contributed by atoms with E-state index in [-0.39, 0.29) is 6.54 Å². The first-order valence-electron chi connectivity index (χ1n) is 10.0. The van der Waals surface area contributed by atoms with E-state index >= 15 is 0 Å². The molecule has 0 atom stereocenters. The summed E-state index contributed by atoms with van der Waals surface area (Å²) in [5, 5.41) is 3.31. The average Bonchev–Trinajstić information content (AvgIpc) is 3.20. The Balaban J connectivity index is 1.48. The summed E-state index contributed by atoms with van der Waals surface area (Å²) < 4.78 is 1.98. The fraction of sp³-hybridized carbons (Fsp3) is 0.208. The van der Waals surface area contributed by atoms with Crippen molar-refractivity contribution < 1.29 is 14.4 Å². The van der Waals surface area contributed by atoms with Gasteiger partial charge in [-0.2, -0.15) is 0 Å². The summed E-state index contributed by atoms with van der Waals surface area (Å²) in [5.41, 5.74) is 3.70. The van der Waals surface area contributed by atoms with Crippen LogP contribution in [0.3, 0.4) is 0 Å². The Hall–Kier alpha value is -3.32. The quantitative estimate of drug-likeness (QED) is 0.576. The van der Waals surface area contributed by atoms with Crippen molar-refractivity contribution in [3.05, 3.63) is 70.8 Å². The highest BCUT2D eigenvalue weighted by atomic mass is 32.2. The highest BCUT2D eigenvalue weighted by molar-refractivity contribution is 8.18. The monoisotopic (exact) mass is 433 g/mol. The molecule has 1 aliphatic heterocycles. The lowest BCUT2D eigenvalue weighted by atomic mass is 10.0. The molecule has 0 aliphatic carbocycles. The van der Waals surface area contributed by atoms with Crippen molar-refractivity contribution in [3.63, 3.8) is 0 Å². The Morgan fingerprint density at radius 1 is 1.10 bits per heavy atom. The minimum absolute atomic E-state index is 0.315. The number of thioether (sulfide) groups is 1. The molecule has 4 rings (SSSR count). The zero-order chi connectivity index (χ0) is 22.1. The molecule has 6 nitrogen and oxygen atoms in total. The second kappa shape index (κ2) is 8.43. The number of carbonyl (C=O) groups excluding carboxylic acids is 3. The molecule has 2 aromatic carbocycles. The Labute approximate surface area is 184 Å². The second-order valence-corrected chi connectivity index (χ2v) is 8.80. The van der Waals surface area contributed by atoms with Gasteiger partial charge in [-0.15, -0.1) is 0 Å². The molecule has 7 heteroatoms. The Bertz CT molecular complexity index is 1210. The van der Waals surface area contributed by atoms with Gasteiger partial charge in [0.15, 0.2) is 0 Å². The third kappa shape index (κ3) is 4.27. The molecule has 0 spiro atoms. The van der Waals surface area contributed by atoms with Gasteiger partial charge in [0, 0.05) is 35.4 Å². The molecule has 0 radical (unpaired) electrons. The van der Waals surface area contributed by atoms with Crippen molar-refractivity contribution in [3.8, 4) is 0 Å². The van der Waals surface area contributed by atoms with Gasteiger partial charge in [0.2, 0.25) is 5.91 Å². The number of para-hydroxylation sites is 1. The molecule has 1 fully saturated rings. The minimum atomic E-state index is -0.451. The molecule has 3 amide bonds. The number of anilines is 1. The topological polar surface area (TPSA) is 71.4 Å². The Kier molecular flexibility index (Phi) is 5.69. The molecule has 1 aromatic heterocycles. The first-order chi connectivity index (χ1) is 14.8. The van der Waals surface area contributed by atoms with Gasteiger partial charge in [0.05, 0.1) is 4.91 Å². The number of imide groups is 1. The van der Waals surface area contributed by atoms with Gasteiger partial charge in [-0.3, -0.25) is 19.3 Å². The number of benzene rings is 2. The van der Waals surface area contributed by atoms with Gasteiger partial charge >= 0.3 is 0 Å². The molecule has 158 valence electrons. The summed E-state index contributed by atoms with van der Waals surface area (Å²) in [7, 11) is 1.93. The average molecular weight is 434 g/mol. The highest BCUT2D eigenvalue weighted by Gasteiger charge is 2.36. The second-order valence-electron chi connectivity index (χ2n) is 7.81. The number of nitrogens with zero attached hydrogens (tertiary/aromatic N) is 2. The fourth-order valence-electron chi connectivity index (χ4n) is 3.56. The van der Waals surface area contributed by atoms with Crippen LogP contribution >= 0.6 is 11.8 Å². The number of carbonyl (C=O) groups is 3. The summed E-state index contributed by atoms with van der Waals surface area (Å²) in [6.45, 7) is 3.88. The number of aromatic nitrogens is 1. The van der Waals surface area contributed by atoms with Gasteiger partial charge in [-0.05, 0) is 47.5 Å². The van der Waals surface area contributed by atoms with Crippen molar-refractivity contribution in [2.45, 2.75) is 19.8 Å². The van der Waals surface area contributed by atoms with Gasteiger partial charge < -0.3 is 9.88 Å². The molecule has 1 saturated heterocycles. The first-order valence-corrected chi connectivity index (χ1v) is 10.8. The van der Waals surface area contributed by atoms with Crippen molar-refractivity contribution in [1.82, 2.24) is 9.47 Å². The van der Waals surface area contributed by atoms with Crippen LogP contribution in [-0.2, 0) is 16.6 Å². The lowest BCUT2D eigenvalue weighted by molar-refractivity contribution is -0.127. The number of hydrogen-bond acceptors (Lipinski definition) is 4. The van der Waals surface area contributed by atoms with Crippen LogP contribution in [0.1, 0.15) is 30.9 Å². The molecule has 1 aliphatic rings. The standard InChI is InChI=1S/C24H23N3O3S/c1-15(2)16-8-10-18(11-9-16)25-22(28)14-27-23(29)21(31-24(27)30)12-17-13-26(3)20-7-5-4-6-19(17)20/h4-13,15H,14H2,1-3H3,(H,25,28)/b21-12+. The zero-order valence-corrected chi connectivity index (χ0v) is 18.4. The number of nitrogens with one attached hydrogen (secondary N) is 1. The molecule has 31 heavy (non-hydrogen) atoms. The fourth-order valence-corrected chi connectivity index (χ4v) is 4.39. The Morgan fingerprint density at radius 2 is 1.81 bits per heavy atom. The Morgan fingerprint density at radius 3 is 2.52 bits per heavy atom. The van der Waals surface area contributed by atoms with Crippen LogP contribution in [0.25, 0.3) is 17.0 Å². The van der Waals surface area contributed by atoms with Crippen LogP contribution in [-0.4, -0.2) is 33.1 Å². The van der Waals surface area contributed by atoms with E-state index in [4.69, 9.17) is 0 Å². The number of fused-ring (bicyclic) bond motifs is 1. The van der Waals surface area contributed by atoms with E-state index in [2.05, 4.69) is 19.2 Å². The zero-order valence-electron chi connectivity index (χ0n) is 17.6. The maximum Gasteiger partial charge on any atom is 0.294 e. The molecule has 1 N–H and O–H groups in total. The van der Waals surface area contributed by atoms with Gasteiger partial charge in [0.25, 0.3) is 11.1 Å². The van der Waals surface area contributed by atoms with E-state index in [9.17, 15) is 14.4 Å². The van der Waals surface area contributed by atoms with Crippen LogP contribution in [0.5, 0.6) is 0 Å². The number of rotatable bonds is 5. The lowest BCUT2D eigenvalue weighted by Crippen LogP contribution is -2.36. The molecule has 3 aromatic rings. The molecule has 0 bridgehead atoms. The molecule has 0 saturated carbocycles. The van der Waals surface area contributed by atoms with Crippen LogP contribution in [0.15, 0.2) is 59.6 Å². The van der Waals surface area contributed by atoms with Crippen LogP contribution in [0.4, 0.5) is 10.5 Å². The van der Waals surface area contributed by atoms with Crippen LogP contribution < -0.4 is 5.32 Å². The third-order valence-corrected chi connectivity index (χ3v) is 6.16. The van der Waals surface area contributed by atoms with Gasteiger partial charge in [-0.1, -0.05) is 44.2 Å². The predicted octanol–water partition coefficient (Wildman–Crippen LogP) is 4.98. The maximum atomic E-state index is 12.8. The number of amides is 3. The largest absolute Gasteiger partial charge is 0.350 e. The number of hydrogen-bond donors (Lipinski definition) is 1. The SMILES string of the molecule is CC(C)c1ccc(NC(=O)CN2C(=O)S/C(=C/c3cn(C)c4ccccc34)C2=O)cc1. The van der Waals surface area contributed by atoms with Crippen LogP contribution in [0, 0.1) is 0 Å². The summed E-state index contributed by atoms with van der Waals surface area (Å²) in [5.74, 6) is -0.465. The van der Waals surface area contributed by atoms with E-state index in [1.807, 2.05) is 66.3 Å². The predicted molar refractivity (Wildman–Crippen MR) is 125 cm³/mol. The molecular weight excluding hydrogens is 410 g/mol. The lowest BCUT2D eigenvalue weighted by Gasteiger charge is -2.13. The van der Waals surface area contributed by atoms with E-state index in [1.165, 1.54) is 5.56 Å².